The van der Waals surface area contributed by atoms with Crippen molar-refractivity contribution in [3.63, 3.8) is 0 Å². The number of hydrogen-bond donors (Lipinski definition) is 2. The van der Waals surface area contributed by atoms with Gasteiger partial charge in [-0.1, -0.05) is 6.92 Å². The van der Waals surface area contributed by atoms with Crippen molar-refractivity contribution in [3.8, 4) is 11.5 Å². The summed E-state index contributed by atoms with van der Waals surface area (Å²) in [5, 5.41) is 6.58. The van der Waals surface area contributed by atoms with Crippen molar-refractivity contribution in [3.05, 3.63) is 23.8 Å². The van der Waals surface area contributed by atoms with E-state index in [0.717, 1.165) is 32.7 Å². The Morgan fingerprint density at radius 3 is 2.76 bits per heavy atom. The molecule has 166 valence electrons. The average molecular weight is 526 g/mol. The molecule has 29 heavy (non-hydrogen) atoms. The van der Waals surface area contributed by atoms with E-state index in [1.54, 1.807) is 12.1 Å². The predicted octanol–water partition coefficient (Wildman–Crippen LogP) is 3.70. The number of nitrogens with one attached hydrogen (secondary N) is 2. The lowest BCUT2D eigenvalue weighted by Gasteiger charge is -2.17. The largest absolute Gasteiger partial charge is 0.497 e. The summed E-state index contributed by atoms with van der Waals surface area (Å²) in [5.74, 6) is 1.94. The molecule has 0 radical (unpaired) electrons. The number of benzene rings is 1. The van der Waals surface area contributed by atoms with Crippen molar-refractivity contribution >= 4 is 29.9 Å². The molecular formula is C20H33F2IN4O2. The summed E-state index contributed by atoms with van der Waals surface area (Å²) in [4.78, 5) is 7.03. The van der Waals surface area contributed by atoms with Gasteiger partial charge in [-0.05, 0) is 57.0 Å². The minimum atomic E-state index is -2.88. The zero-order chi connectivity index (χ0) is 20.4. The molecule has 0 amide bonds. The molecule has 1 aliphatic heterocycles. The van der Waals surface area contributed by atoms with Crippen molar-refractivity contribution in [2.45, 2.75) is 39.8 Å². The third-order valence-corrected chi connectivity index (χ3v) is 4.70. The highest BCUT2D eigenvalue weighted by Gasteiger charge is 2.21. The Morgan fingerprint density at radius 1 is 1.31 bits per heavy atom. The van der Waals surface area contributed by atoms with Crippen LogP contribution in [0.1, 0.15) is 32.3 Å². The van der Waals surface area contributed by atoms with Crippen LogP contribution in [-0.2, 0) is 6.54 Å². The van der Waals surface area contributed by atoms with Gasteiger partial charge in [0.1, 0.15) is 11.5 Å². The van der Waals surface area contributed by atoms with Crippen molar-refractivity contribution in [2.75, 3.05) is 39.8 Å². The summed E-state index contributed by atoms with van der Waals surface area (Å²) in [5.41, 5.74) is 0.548. The Balaban J connectivity index is 0.00000420. The Kier molecular flexibility index (Phi) is 12.2. The number of methoxy groups -OCH3 is 1. The first-order valence-corrected chi connectivity index (χ1v) is 9.91. The van der Waals surface area contributed by atoms with Crippen LogP contribution in [0.4, 0.5) is 8.78 Å². The van der Waals surface area contributed by atoms with E-state index >= 15 is 0 Å². The molecule has 9 heteroatoms. The molecule has 0 aliphatic carbocycles. The predicted molar refractivity (Wildman–Crippen MR) is 123 cm³/mol. The van der Waals surface area contributed by atoms with Gasteiger partial charge in [0.2, 0.25) is 0 Å². The lowest BCUT2D eigenvalue weighted by Crippen LogP contribution is -2.40. The van der Waals surface area contributed by atoms with Crippen LogP contribution in [0.3, 0.4) is 0 Å². The zero-order valence-corrected chi connectivity index (χ0v) is 19.7. The Hall–Kier alpha value is -1.36. The van der Waals surface area contributed by atoms with Crippen molar-refractivity contribution in [1.82, 2.24) is 15.5 Å². The number of aliphatic imine (C=N–C) groups is 1. The van der Waals surface area contributed by atoms with Crippen LogP contribution >= 0.6 is 24.0 Å². The quantitative estimate of drug-likeness (QED) is 0.277. The monoisotopic (exact) mass is 526 g/mol. The fourth-order valence-electron chi connectivity index (χ4n) is 3.36. The minimum Gasteiger partial charge on any atom is -0.497 e. The van der Waals surface area contributed by atoms with Crippen LogP contribution in [-0.4, -0.2) is 57.3 Å². The first-order chi connectivity index (χ1) is 13.5. The molecule has 0 bridgehead atoms. The number of guanidine groups is 1. The molecule has 0 spiro atoms. The number of hydrogen-bond acceptors (Lipinski definition) is 4. The third kappa shape index (κ3) is 8.90. The Labute approximate surface area is 189 Å². The van der Waals surface area contributed by atoms with Gasteiger partial charge in [-0.15, -0.1) is 24.0 Å². The van der Waals surface area contributed by atoms with E-state index in [4.69, 9.17) is 4.74 Å². The van der Waals surface area contributed by atoms with Gasteiger partial charge in [-0.2, -0.15) is 8.78 Å². The van der Waals surface area contributed by atoms with Crippen LogP contribution in [0.25, 0.3) is 0 Å². The van der Waals surface area contributed by atoms with Crippen LogP contribution in [0.15, 0.2) is 23.2 Å². The smallest absolute Gasteiger partial charge is 0.387 e. The zero-order valence-electron chi connectivity index (χ0n) is 17.4. The van der Waals surface area contributed by atoms with Gasteiger partial charge >= 0.3 is 6.61 Å². The molecule has 1 aliphatic rings. The fraction of sp³-hybridized carbons (Fsp3) is 0.650. The van der Waals surface area contributed by atoms with Crippen LogP contribution < -0.4 is 20.1 Å². The maximum Gasteiger partial charge on any atom is 0.387 e. The lowest BCUT2D eigenvalue weighted by molar-refractivity contribution is -0.0504. The summed E-state index contributed by atoms with van der Waals surface area (Å²) in [7, 11) is 1.53. The SMILES string of the molecule is CCCN1CCC(CNC(=NCc2cc(OC)ccc2OC(F)F)NCC)C1.I. The van der Waals surface area contributed by atoms with E-state index in [0.29, 0.717) is 23.2 Å². The molecule has 1 fully saturated rings. The molecule has 1 aromatic carbocycles. The van der Waals surface area contributed by atoms with Gasteiger partial charge in [-0.25, -0.2) is 4.99 Å². The second kappa shape index (κ2) is 13.8. The molecule has 2 N–H and O–H groups in total. The van der Waals surface area contributed by atoms with E-state index < -0.39 is 6.61 Å². The van der Waals surface area contributed by atoms with Crippen LogP contribution in [0.2, 0.25) is 0 Å². The normalized spacial score (nSPS) is 17.2. The van der Waals surface area contributed by atoms with Crippen LogP contribution in [0.5, 0.6) is 11.5 Å². The number of rotatable bonds is 10. The molecular weight excluding hydrogens is 493 g/mol. The molecule has 6 nitrogen and oxygen atoms in total. The first kappa shape index (κ1) is 25.7. The summed E-state index contributed by atoms with van der Waals surface area (Å²) < 4.78 is 35.1. The van der Waals surface area contributed by atoms with Gasteiger partial charge in [0.05, 0.1) is 13.7 Å². The average Bonchev–Trinajstić information content (AvgIpc) is 3.12. The summed E-state index contributed by atoms with van der Waals surface area (Å²) in [6, 6.07) is 4.75. The molecule has 0 aromatic heterocycles. The van der Waals surface area contributed by atoms with E-state index in [-0.39, 0.29) is 36.3 Å². The molecule has 1 atom stereocenters. The van der Waals surface area contributed by atoms with Gasteiger partial charge in [0, 0.05) is 25.2 Å². The van der Waals surface area contributed by atoms with Gasteiger partial charge in [-0.3, -0.25) is 0 Å². The standard InChI is InChI=1S/C20H32F2N4O2.HI/c1-4-9-26-10-8-15(14-26)12-24-20(23-5-2)25-13-16-11-17(27-3)6-7-18(16)28-19(21)22;/h6-7,11,15,19H,4-5,8-10,12-14H2,1-3H3,(H2,23,24,25);1H. The van der Waals surface area contributed by atoms with Gasteiger partial charge in [0.25, 0.3) is 0 Å². The van der Waals surface area contributed by atoms with Crippen molar-refractivity contribution in [2.24, 2.45) is 10.9 Å². The number of likely N-dealkylation sites (tertiary alicyclic amines) is 1. The van der Waals surface area contributed by atoms with Crippen LogP contribution in [0, 0.1) is 5.92 Å². The van der Waals surface area contributed by atoms with E-state index in [1.165, 1.54) is 26.0 Å². The van der Waals surface area contributed by atoms with E-state index in [2.05, 4.69) is 32.2 Å². The van der Waals surface area contributed by atoms with Gasteiger partial charge < -0.3 is 25.0 Å². The van der Waals surface area contributed by atoms with E-state index in [1.807, 2.05) is 6.92 Å². The molecule has 2 rings (SSSR count). The summed E-state index contributed by atoms with van der Waals surface area (Å²) in [6.45, 7) is 6.47. The topological polar surface area (TPSA) is 58.1 Å². The summed E-state index contributed by atoms with van der Waals surface area (Å²) >= 11 is 0. The first-order valence-electron chi connectivity index (χ1n) is 9.91. The second-order valence-electron chi connectivity index (χ2n) is 6.88. The van der Waals surface area contributed by atoms with Crippen molar-refractivity contribution < 1.29 is 18.3 Å². The molecule has 1 unspecified atom stereocenters. The molecule has 1 aromatic rings. The number of nitrogens with zero attached hydrogens (tertiary/aromatic N) is 2. The third-order valence-electron chi connectivity index (χ3n) is 4.70. The molecule has 0 saturated carbocycles. The maximum absolute atomic E-state index is 12.7. The number of alkyl halides is 2. The van der Waals surface area contributed by atoms with Crippen molar-refractivity contribution in [1.29, 1.82) is 0 Å². The molecule has 1 saturated heterocycles. The highest BCUT2D eigenvalue weighted by atomic mass is 127. The summed E-state index contributed by atoms with van der Waals surface area (Å²) in [6.07, 6.45) is 2.35. The Bertz CT molecular complexity index is 634. The maximum atomic E-state index is 12.7. The Morgan fingerprint density at radius 2 is 2.10 bits per heavy atom. The highest BCUT2D eigenvalue weighted by molar-refractivity contribution is 14.0. The van der Waals surface area contributed by atoms with E-state index in [9.17, 15) is 8.78 Å². The van der Waals surface area contributed by atoms with Gasteiger partial charge in [0.15, 0.2) is 5.96 Å². The number of halogens is 3. The minimum absolute atomic E-state index is 0. The highest BCUT2D eigenvalue weighted by Crippen LogP contribution is 2.26. The second-order valence-corrected chi connectivity index (χ2v) is 6.88. The fourth-order valence-corrected chi connectivity index (χ4v) is 3.36. The number of ether oxygens (including phenoxy) is 2. The molecule has 1 heterocycles. The lowest BCUT2D eigenvalue weighted by atomic mass is 10.1.